The van der Waals surface area contributed by atoms with Gasteiger partial charge in [-0.3, -0.25) is 4.21 Å². The Morgan fingerprint density at radius 1 is 1.41 bits per heavy atom. The Labute approximate surface area is 108 Å². The molecular formula is C9H15ClN4O2S. The van der Waals surface area contributed by atoms with Gasteiger partial charge in [0.05, 0.1) is 6.61 Å². The van der Waals surface area contributed by atoms with E-state index in [1.165, 1.54) is 0 Å². The van der Waals surface area contributed by atoms with E-state index < -0.39 is 10.8 Å². The largest absolute Gasteiger partial charge is 0.463 e. The quantitative estimate of drug-likeness (QED) is 0.805. The van der Waals surface area contributed by atoms with Crippen LogP contribution in [0.2, 0.25) is 5.28 Å². The molecule has 1 aromatic heterocycles. The van der Waals surface area contributed by atoms with Crippen LogP contribution in [0.3, 0.4) is 0 Å². The van der Waals surface area contributed by atoms with Crippen molar-refractivity contribution in [3.63, 3.8) is 0 Å². The maximum absolute atomic E-state index is 10.9. The van der Waals surface area contributed by atoms with Crippen molar-refractivity contribution in [1.29, 1.82) is 0 Å². The van der Waals surface area contributed by atoms with Crippen molar-refractivity contribution in [2.75, 3.05) is 30.5 Å². The third-order valence-electron chi connectivity index (χ3n) is 1.70. The summed E-state index contributed by atoms with van der Waals surface area (Å²) in [7, 11) is -0.853. The van der Waals surface area contributed by atoms with Crippen molar-refractivity contribution in [2.45, 2.75) is 13.3 Å². The van der Waals surface area contributed by atoms with Gasteiger partial charge in [-0.1, -0.05) is 6.92 Å². The zero-order chi connectivity index (χ0) is 12.7. The summed E-state index contributed by atoms with van der Waals surface area (Å²) in [5.74, 6) is 0.857. The molecule has 0 radical (unpaired) electrons. The van der Waals surface area contributed by atoms with Gasteiger partial charge >= 0.3 is 6.01 Å². The van der Waals surface area contributed by atoms with Crippen LogP contribution in [0.5, 0.6) is 6.01 Å². The third kappa shape index (κ3) is 5.78. The maximum Gasteiger partial charge on any atom is 0.322 e. The van der Waals surface area contributed by atoms with E-state index in [2.05, 4.69) is 20.3 Å². The van der Waals surface area contributed by atoms with E-state index in [9.17, 15) is 4.21 Å². The summed E-state index contributed by atoms with van der Waals surface area (Å²) >= 11 is 5.73. The molecule has 0 amide bonds. The predicted molar refractivity (Wildman–Crippen MR) is 68.0 cm³/mol. The average molecular weight is 279 g/mol. The van der Waals surface area contributed by atoms with Gasteiger partial charge in [0.1, 0.15) is 0 Å². The molecular weight excluding hydrogens is 264 g/mol. The molecule has 1 unspecified atom stereocenters. The first-order valence-electron chi connectivity index (χ1n) is 5.20. The topological polar surface area (TPSA) is 77.0 Å². The highest BCUT2D eigenvalue weighted by atomic mass is 35.5. The summed E-state index contributed by atoms with van der Waals surface area (Å²) in [6.45, 7) is 3.02. The molecule has 6 nitrogen and oxygen atoms in total. The van der Waals surface area contributed by atoms with Gasteiger partial charge in [0, 0.05) is 29.4 Å². The van der Waals surface area contributed by atoms with E-state index >= 15 is 0 Å². The normalized spacial score (nSPS) is 12.2. The first-order chi connectivity index (χ1) is 8.11. The summed E-state index contributed by atoms with van der Waals surface area (Å²) in [5.41, 5.74) is 0. The molecule has 0 saturated heterocycles. The van der Waals surface area contributed by atoms with Crippen LogP contribution in [0, 0.1) is 0 Å². The summed E-state index contributed by atoms with van der Waals surface area (Å²) in [6.07, 6.45) is 2.50. The first-order valence-corrected chi connectivity index (χ1v) is 7.30. The van der Waals surface area contributed by atoms with E-state index in [1.807, 2.05) is 6.92 Å². The Morgan fingerprint density at radius 2 is 2.18 bits per heavy atom. The van der Waals surface area contributed by atoms with Gasteiger partial charge in [-0.25, -0.2) is 0 Å². The number of rotatable bonds is 7. The van der Waals surface area contributed by atoms with E-state index in [0.717, 1.165) is 6.42 Å². The number of aromatic nitrogens is 3. The Balaban J connectivity index is 2.58. The molecule has 0 aliphatic heterocycles. The highest BCUT2D eigenvalue weighted by Gasteiger charge is 2.05. The van der Waals surface area contributed by atoms with Crippen LogP contribution in [0.4, 0.5) is 5.95 Å². The fourth-order valence-corrected chi connectivity index (χ4v) is 1.52. The van der Waals surface area contributed by atoms with Crippen LogP contribution < -0.4 is 10.1 Å². The average Bonchev–Trinajstić information content (AvgIpc) is 2.25. The van der Waals surface area contributed by atoms with Crippen molar-refractivity contribution in [3.05, 3.63) is 5.28 Å². The number of nitrogens with zero attached hydrogens (tertiary/aromatic N) is 3. The van der Waals surface area contributed by atoms with Crippen LogP contribution in [0.15, 0.2) is 0 Å². The lowest BCUT2D eigenvalue weighted by atomic mass is 10.5. The Kier molecular flexibility index (Phi) is 6.13. The second-order valence-electron chi connectivity index (χ2n) is 3.26. The SMILES string of the molecule is CCCOc1nc(Cl)nc(NCCS(C)=O)n1. The van der Waals surface area contributed by atoms with Crippen LogP contribution in [-0.4, -0.2) is 44.3 Å². The standard InChI is InChI=1S/C9H15ClN4O2S/c1-3-5-16-9-13-7(10)12-8(14-9)11-4-6-17(2)15/h3-6H2,1-2H3,(H,11,12,13,14). The predicted octanol–water partition coefficient (Wildman–Crippen LogP) is 1.10. The molecule has 96 valence electrons. The molecule has 0 aliphatic rings. The second kappa shape index (κ2) is 7.39. The van der Waals surface area contributed by atoms with Gasteiger partial charge in [0.2, 0.25) is 11.2 Å². The Morgan fingerprint density at radius 3 is 2.82 bits per heavy atom. The molecule has 0 spiro atoms. The molecule has 17 heavy (non-hydrogen) atoms. The fourth-order valence-electron chi connectivity index (χ4n) is 0.975. The molecule has 1 atom stereocenters. The molecule has 1 aromatic rings. The van der Waals surface area contributed by atoms with E-state index in [0.29, 0.717) is 24.9 Å². The summed E-state index contributed by atoms with van der Waals surface area (Å²) < 4.78 is 16.1. The zero-order valence-corrected chi connectivity index (χ0v) is 11.3. The lowest BCUT2D eigenvalue weighted by Gasteiger charge is -2.06. The van der Waals surface area contributed by atoms with Crippen LogP contribution in [-0.2, 0) is 10.8 Å². The summed E-state index contributed by atoms with van der Waals surface area (Å²) in [6, 6.07) is 0.201. The van der Waals surface area contributed by atoms with Gasteiger partial charge in [-0.15, -0.1) is 0 Å². The van der Waals surface area contributed by atoms with Gasteiger partial charge in [-0.2, -0.15) is 15.0 Å². The highest BCUT2D eigenvalue weighted by molar-refractivity contribution is 7.84. The molecule has 0 aliphatic carbocycles. The lowest BCUT2D eigenvalue weighted by Crippen LogP contribution is -2.13. The lowest BCUT2D eigenvalue weighted by molar-refractivity contribution is 0.291. The highest BCUT2D eigenvalue weighted by Crippen LogP contribution is 2.11. The van der Waals surface area contributed by atoms with E-state index in [4.69, 9.17) is 16.3 Å². The van der Waals surface area contributed by atoms with Crippen LogP contribution in [0.25, 0.3) is 0 Å². The number of anilines is 1. The third-order valence-corrected chi connectivity index (χ3v) is 2.64. The molecule has 0 fully saturated rings. The zero-order valence-electron chi connectivity index (χ0n) is 9.77. The first kappa shape index (κ1) is 14.1. The Bertz CT molecular complexity index is 391. The van der Waals surface area contributed by atoms with Crippen molar-refractivity contribution in [2.24, 2.45) is 0 Å². The minimum atomic E-state index is -0.853. The van der Waals surface area contributed by atoms with Gasteiger partial charge in [0.15, 0.2) is 0 Å². The molecule has 0 saturated carbocycles. The van der Waals surface area contributed by atoms with Crippen LogP contribution >= 0.6 is 11.6 Å². The monoisotopic (exact) mass is 278 g/mol. The molecule has 1 rings (SSSR count). The molecule has 0 aromatic carbocycles. The van der Waals surface area contributed by atoms with Crippen molar-refractivity contribution < 1.29 is 8.95 Å². The summed E-state index contributed by atoms with van der Waals surface area (Å²) in [4.78, 5) is 11.8. The Hall–Kier alpha value is -0.950. The van der Waals surface area contributed by atoms with Gasteiger partial charge < -0.3 is 10.1 Å². The van der Waals surface area contributed by atoms with E-state index in [-0.39, 0.29) is 11.3 Å². The summed E-state index contributed by atoms with van der Waals surface area (Å²) in [5, 5.41) is 2.99. The molecule has 0 bridgehead atoms. The minimum absolute atomic E-state index is 0.0752. The number of hydrogen-bond donors (Lipinski definition) is 1. The fraction of sp³-hybridized carbons (Fsp3) is 0.667. The maximum atomic E-state index is 10.9. The van der Waals surface area contributed by atoms with Crippen molar-refractivity contribution >= 4 is 28.3 Å². The molecule has 8 heteroatoms. The van der Waals surface area contributed by atoms with Gasteiger partial charge in [0.25, 0.3) is 0 Å². The van der Waals surface area contributed by atoms with E-state index in [1.54, 1.807) is 6.26 Å². The number of hydrogen-bond acceptors (Lipinski definition) is 6. The van der Waals surface area contributed by atoms with Gasteiger partial charge in [-0.05, 0) is 18.0 Å². The smallest absolute Gasteiger partial charge is 0.322 e. The molecule has 1 heterocycles. The molecule has 1 N–H and O–H groups in total. The van der Waals surface area contributed by atoms with Crippen molar-refractivity contribution in [3.8, 4) is 6.01 Å². The van der Waals surface area contributed by atoms with Crippen LogP contribution in [0.1, 0.15) is 13.3 Å². The van der Waals surface area contributed by atoms with Crippen molar-refractivity contribution in [1.82, 2.24) is 15.0 Å². The number of ether oxygens (including phenoxy) is 1. The number of halogens is 1. The minimum Gasteiger partial charge on any atom is -0.463 e. The second-order valence-corrected chi connectivity index (χ2v) is 5.16. The number of nitrogens with one attached hydrogen (secondary N) is 1.